The Bertz CT molecular complexity index is 801. The quantitative estimate of drug-likeness (QED) is 0.792. The molecule has 1 aromatic heterocycles. The molecule has 4 nitrogen and oxygen atoms in total. The first-order chi connectivity index (χ1) is 10.9. The van der Waals surface area contributed by atoms with Gasteiger partial charge in [0.15, 0.2) is 17.3 Å². The van der Waals surface area contributed by atoms with Gasteiger partial charge in [0, 0.05) is 5.92 Å². The third-order valence-corrected chi connectivity index (χ3v) is 4.70. The highest BCUT2D eigenvalue weighted by atomic mass is 16.3. The number of fused-ring (bicyclic) bond motifs is 1. The molecule has 0 radical (unpaired) electrons. The summed E-state index contributed by atoms with van der Waals surface area (Å²) in [5.41, 5.74) is 2.35. The lowest BCUT2D eigenvalue weighted by Gasteiger charge is -2.05. The van der Waals surface area contributed by atoms with Crippen molar-refractivity contribution in [1.29, 1.82) is 5.26 Å². The van der Waals surface area contributed by atoms with Crippen LogP contribution in [0.1, 0.15) is 39.5 Å². The number of allylic oxidation sites excluding steroid dienone is 2. The molecule has 2 aromatic rings. The smallest absolute Gasteiger partial charge is 0.220 e. The Balaban J connectivity index is 1.91. The van der Waals surface area contributed by atoms with Crippen molar-refractivity contribution in [1.82, 2.24) is 4.98 Å². The number of Topliss-reactive ketones (excluding diaryl/α,β-unsaturated/α-hetero) is 1. The number of carbonyl (C=O) groups is 1. The molecule has 3 atom stereocenters. The number of nitriles is 1. The predicted octanol–water partition coefficient (Wildman–Crippen LogP) is 4.24. The third-order valence-electron chi connectivity index (χ3n) is 4.70. The SMILES string of the molecule is CC(C)=C[C@@H]1[C@@H](C(=O)[C@H](C#N)c2nc3ccccc3o2)C1(C)C. The fourth-order valence-corrected chi connectivity index (χ4v) is 3.32. The van der Waals surface area contributed by atoms with Crippen LogP contribution in [0.3, 0.4) is 0 Å². The number of nitrogens with zero attached hydrogens (tertiary/aromatic N) is 2. The molecule has 0 N–H and O–H groups in total. The number of oxazole rings is 1. The Labute approximate surface area is 135 Å². The Morgan fingerprint density at radius 1 is 1.39 bits per heavy atom. The van der Waals surface area contributed by atoms with E-state index in [2.05, 4.69) is 31.0 Å². The maximum Gasteiger partial charge on any atom is 0.220 e. The predicted molar refractivity (Wildman–Crippen MR) is 87.6 cm³/mol. The van der Waals surface area contributed by atoms with E-state index in [1.165, 1.54) is 5.57 Å². The largest absolute Gasteiger partial charge is 0.439 e. The minimum Gasteiger partial charge on any atom is -0.439 e. The number of benzene rings is 1. The first-order valence-electron chi connectivity index (χ1n) is 7.80. The molecule has 0 aliphatic heterocycles. The van der Waals surface area contributed by atoms with Gasteiger partial charge in [0.25, 0.3) is 0 Å². The van der Waals surface area contributed by atoms with Crippen molar-refractivity contribution in [2.45, 2.75) is 33.6 Å². The Hall–Kier alpha value is -2.41. The number of ketones is 1. The molecule has 0 amide bonds. The van der Waals surface area contributed by atoms with Gasteiger partial charge in [0.05, 0.1) is 6.07 Å². The van der Waals surface area contributed by atoms with Crippen molar-refractivity contribution in [2.24, 2.45) is 17.3 Å². The van der Waals surface area contributed by atoms with E-state index >= 15 is 0 Å². The van der Waals surface area contributed by atoms with Crippen molar-refractivity contribution in [2.75, 3.05) is 0 Å². The van der Waals surface area contributed by atoms with Crippen LogP contribution in [0, 0.1) is 28.6 Å². The fourth-order valence-electron chi connectivity index (χ4n) is 3.32. The molecule has 0 unspecified atom stereocenters. The second-order valence-electron chi connectivity index (χ2n) is 7.05. The van der Waals surface area contributed by atoms with Crippen molar-refractivity contribution < 1.29 is 9.21 Å². The average Bonchev–Trinajstić information content (AvgIpc) is 2.84. The van der Waals surface area contributed by atoms with Gasteiger partial charge in [-0.25, -0.2) is 4.98 Å². The summed E-state index contributed by atoms with van der Waals surface area (Å²) in [5, 5.41) is 9.50. The molecule has 0 spiro atoms. The third kappa shape index (κ3) is 2.57. The van der Waals surface area contributed by atoms with Crippen molar-refractivity contribution in [3.05, 3.63) is 41.8 Å². The Kier molecular flexibility index (Phi) is 3.60. The summed E-state index contributed by atoms with van der Waals surface area (Å²) in [4.78, 5) is 17.2. The van der Waals surface area contributed by atoms with Crippen molar-refractivity contribution in [3.8, 4) is 6.07 Å². The van der Waals surface area contributed by atoms with Gasteiger partial charge in [0.2, 0.25) is 5.89 Å². The maximum atomic E-state index is 12.9. The van der Waals surface area contributed by atoms with Gasteiger partial charge in [-0.1, -0.05) is 37.6 Å². The summed E-state index contributed by atoms with van der Waals surface area (Å²) in [6.07, 6.45) is 2.13. The fraction of sp³-hybridized carbons (Fsp3) is 0.421. The molecule has 0 bridgehead atoms. The summed E-state index contributed by atoms with van der Waals surface area (Å²) in [6.45, 7) is 8.19. The zero-order valence-corrected chi connectivity index (χ0v) is 13.8. The second kappa shape index (κ2) is 5.34. The van der Waals surface area contributed by atoms with Gasteiger partial charge in [-0.15, -0.1) is 0 Å². The van der Waals surface area contributed by atoms with Crippen LogP contribution in [-0.2, 0) is 4.79 Å². The number of hydrogen-bond acceptors (Lipinski definition) is 4. The van der Waals surface area contributed by atoms with Crippen LogP contribution < -0.4 is 0 Å². The molecular formula is C19H20N2O2. The van der Waals surface area contributed by atoms with Gasteiger partial charge < -0.3 is 4.42 Å². The zero-order valence-electron chi connectivity index (χ0n) is 13.8. The average molecular weight is 308 g/mol. The van der Waals surface area contributed by atoms with E-state index in [0.717, 1.165) is 0 Å². The van der Waals surface area contributed by atoms with Crippen LogP contribution in [0.2, 0.25) is 0 Å². The number of rotatable bonds is 4. The van der Waals surface area contributed by atoms with Crippen LogP contribution in [0.15, 0.2) is 40.3 Å². The lowest BCUT2D eigenvalue weighted by molar-refractivity contribution is -0.121. The summed E-state index contributed by atoms with van der Waals surface area (Å²) >= 11 is 0. The van der Waals surface area contributed by atoms with Crippen LogP contribution in [0.4, 0.5) is 0 Å². The van der Waals surface area contributed by atoms with Crippen molar-refractivity contribution >= 4 is 16.9 Å². The minimum absolute atomic E-state index is 0.0912. The normalized spacial score (nSPS) is 23.1. The van der Waals surface area contributed by atoms with E-state index in [0.29, 0.717) is 11.1 Å². The maximum absolute atomic E-state index is 12.9. The standard InChI is InChI=1S/C19H20N2O2/c1-11(2)9-13-16(19(13,3)4)17(22)12(10-20)18-21-14-7-5-6-8-15(14)23-18/h5-9,12-13,16H,1-4H3/t12-,13+,16-/m0/s1. The molecule has 0 saturated heterocycles. The van der Waals surface area contributed by atoms with Crippen LogP contribution >= 0.6 is 0 Å². The number of para-hydroxylation sites is 2. The summed E-state index contributed by atoms with van der Waals surface area (Å²) in [6, 6.07) is 9.39. The number of carbonyl (C=O) groups excluding carboxylic acids is 1. The Morgan fingerprint density at radius 3 is 2.70 bits per heavy atom. The highest BCUT2D eigenvalue weighted by molar-refractivity contribution is 5.93. The second-order valence-corrected chi connectivity index (χ2v) is 7.05. The van der Waals surface area contributed by atoms with Crippen molar-refractivity contribution in [3.63, 3.8) is 0 Å². The monoisotopic (exact) mass is 308 g/mol. The minimum atomic E-state index is -0.942. The van der Waals surface area contributed by atoms with Gasteiger partial charge in [-0.05, 0) is 37.3 Å². The van der Waals surface area contributed by atoms with E-state index in [4.69, 9.17) is 4.42 Å². The lowest BCUT2D eigenvalue weighted by Crippen LogP contribution is -2.16. The highest BCUT2D eigenvalue weighted by Gasteiger charge is 2.61. The molecule has 1 aliphatic rings. The number of aromatic nitrogens is 1. The van der Waals surface area contributed by atoms with Gasteiger partial charge in [-0.2, -0.15) is 5.26 Å². The van der Waals surface area contributed by atoms with Gasteiger partial charge in [-0.3, -0.25) is 4.79 Å². The molecule has 118 valence electrons. The molecule has 1 heterocycles. The highest BCUT2D eigenvalue weighted by Crippen LogP contribution is 2.61. The van der Waals surface area contributed by atoms with E-state index in [9.17, 15) is 10.1 Å². The van der Waals surface area contributed by atoms with Crippen LogP contribution in [0.25, 0.3) is 11.1 Å². The zero-order chi connectivity index (χ0) is 16.8. The van der Waals surface area contributed by atoms with Crippen LogP contribution in [0.5, 0.6) is 0 Å². The Morgan fingerprint density at radius 2 is 2.09 bits per heavy atom. The summed E-state index contributed by atoms with van der Waals surface area (Å²) in [5.74, 6) is -0.802. The summed E-state index contributed by atoms with van der Waals surface area (Å²) < 4.78 is 5.63. The van der Waals surface area contributed by atoms with Gasteiger partial charge in [0.1, 0.15) is 5.52 Å². The molecule has 1 aliphatic carbocycles. The van der Waals surface area contributed by atoms with Gasteiger partial charge >= 0.3 is 0 Å². The lowest BCUT2D eigenvalue weighted by atomic mass is 9.97. The van der Waals surface area contributed by atoms with E-state index in [-0.39, 0.29) is 28.9 Å². The van der Waals surface area contributed by atoms with E-state index in [1.54, 1.807) is 6.07 Å². The van der Waals surface area contributed by atoms with E-state index < -0.39 is 5.92 Å². The molecule has 23 heavy (non-hydrogen) atoms. The van der Waals surface area contributed by atoms with Crippen LogP contribution in [-0.4, -0.2) is 10.8 Å². The summed E-state index contributed by atoms with van der Waals surface area (Å²) in [7, 11) is 0. The molecule has 1 saturated carbocycles. The number of hydrogen-bond donors (Lipinski definition) is 0. The molecular weight excluding hydrogens is 288 g/mol. The van der Waals surface area contributed by atoms with E-state index in [1.807, 2.05) is 32.0 Å². The molecule has 1 aromatic carbocycles. The first kappa shape index (κ1) is 15.5. The topological polar surface area (TPSA) is 66.9 Å². The first-order valence-corrected chi connectivity index (χ1v) is 7.80. The molecule has 3 rings (SSSR count). The molecule has 1 fully saturated rings. The molecule has 4 heteroatoms.